The van der Waals surface area contributed by atoms with Gasteiger partial charge in [-0.15, -0.1) is 10.2 Å². The van der Waals surface area contributed by atoms with Crippen LogP contribution < -0.4 is 4.90 Å². The van der Waals surface area contributed by atoms with Gasteiger partial charge in [0.1, 0.15) is 0 Å². The van der Waals surface area contributed by atoms with Gasteiger partial charge in [-0.3, -0.25) is 4.68 Å². The normalized spacial score (nSPS) is 14.6. The highest BCUT2D eigenvalue weighted by Gasteiger charge is 2.16. The molecule has 0 amide bonds. The molecule has 1 aliphatic heterocycles. The van der Waals surface area contributed by atoms with Crippen LogP contribution in [-0.4, -0.2) is 77.7 Å². The van der Waals surface area contributed by atoms with Gasteiger partial charge in [0.2, 0.25) is 0 Å². The molecule has 35 heavy (non-hydrogen) atoms. The molecule has 176 valence electrons. The number of benzene rings is 1. The molecule has 0 saturated carbocycles. The quantitative estimate of drug-likeness (QED) is 0.390. The summed E-state index contributed by atoms with van der Waals surface area (Å²) < 4.78 is 3.57. The Kier molecular flexibility index (Phi) is 5.42. The maximum absolute atomic E-state index is 4.76. The summed E-state index contributed by atoms with van der Waals surface area (Å²) in [6.07, 6.45) is 8.19. The molecule has 10 nitrogen and oxygen atoms in total. The average Bonchev–Trinajstić information content (AvgIpc) is 3.51. The molecule has 5 heterocycles. The zero-order valence-corrected chi connectivity index (χ0v) is 19.8. The van der Waals surface area contributed by atoms with Gasteiger partial charge in [-0.25, -0.2) is 9.97 Å². The summed E-state index contributed by atoms with van der Waals surface area (Å²) in [5, 5.41) is 17.7. The fourth-order valence-electron chi connectivity index (χ4n) is 4.35. The third kappa shape index (κ3) is 4.35. The van der Waals surface area contributed by atoms with Crippen LogP contribution in [0.2, 0.25) is 0 Å². The molecule has 6 rings (SSSR count). The summed E-state index contributed by atoms with van der Waals surface area (Å²) in [6, 6.07) is 12.1. The van der Waals surface area contributed by atoms with Gasteiger partial charge in [-0.05, 0) is 30.8 Å². The number of piperazine rings is 1. The second-order valence-electron chi connectivity index (χ2n) is 8.94. The van der Waals surface area contributed by atoms with Crippen molar-refractivity contribution >= 4 is 11.3 Å². The molecule has 1 aromatic carbocycles. The Labute approximate surface area is 202 Å². The second kappa shape index (κ2) is 8.88. The molecule has 0 radical (unpaired) electrons. The van der Waals surface area contributed by atoms with E-state index in [0.717, 1.165) is 60.1 Å². The van der Waals surface area contributed by atoms with Gasteiger partial charge in [-0.2, -0.15) is 14.7 Å². The van der Waals surface area contributed by atoms with E-state index >= 15 is 0 Å². The molecule has 0 spiro atoms. The SMILES string of the molecule is CN1CCN(c2cnc(-c3cccc(Cc4nnc5ccc(-c6cnn(C)c6)nn45)c3)nc2)CC1. The maximum atomic E-state index is 4.76. The van der Waals surface area contributed by atoms with Crippen LogP contribution in [0.25, 0.3) is 28.3 Å². The summed E-state index contributed by atoms with van der Waals surface area (Å²) in [5.74, 6) is 1.49. The predicted molar refractivity (Wildman–Crippen MR) is 133 cm³/mol. The Bertz CT molecular complexity index is 1460. The largest absolute Gasteiger partial charge is 0.366 e. The number of fused-ring (bicyclic) bond motifs is 1. The minimum Gasteiger partial charge on any atom is -0.366 e. The van der Waals surface area contributed by atoms with Crippen molar-refractivity contribution in [2.24, 2.45) is 7.05 Å². The Morgan fingerprint density at radius 1 is 0.857 bits per heavy atom. The lowest BCUT2D eigenvalue weighted by atomic mass is 10.1. The van der Waals surface area contributed by atoms with Crippen molar-refractivity contribution < 1.29 is 0 Å². The first-order valence-corrected chi connectivity index (χ1v) is 11.7. The van der Waals surface area contributed by atoms with Crippen molar-refractivity contribution in [1.29, 1.82) is 0 Å². The Balaban J connectivity index is 1.23. The number of hydrogen-bond donors (Lipinski definition) is 0. The Morgan fingerprint density at radius 3 is 2.46 bits per heavy atom. The van der Waals surface area contributed by atoms with Crippen LogP contribution in [0.4, 0.5) is 5.69 Å². The first kappa shape index (κ1) is 21.4. The molecule has 1 saturated heterocycles. The van der Waals surface area contributed by atoms with Gasteiger partial charge < -0.3 is 9.80 Å². The lowest BCUT2D eigenvalue weighted by molar-refractivity contribution is 0.312. The van der Waals surface area contributed by atoms with Crippen LogP contribution in [0, 0.1) is 0 Å². The van der Waals surface area contributed by atoms with E-state index in [1.807, 2.05) is 49.9 Å². The number of rotatable bonds is 5. The van der Waals surface area contributed by atoms with Crippen LogP contribution in [0.5, 0.6) is 0 Å². The smallest absolute Gasteiger partial charge is 0.177 e. The van der Waals surface area contributed by atoms with Gasteiger partial charge in [0.15, 0.2) is 17.3 Å². The number of likely N-dealkylation sites (N-methyl/N-ethyl adjacent to an activating group) is 1. The molecule has 0 aliphatic carbocycles. The topological polar surface area (TPSA) is 93.2 Å². The number of anilines is 1. The first-order valence-electron chi connectivity index (χ1n) is 11.7. The van der Waals surface area contributed by atoms with Crippen molar-refractivity contribution in [2.75, 3.05) is 38.1 Å². The van der Waals surface area contributed by atoms with Gasteiger partial charge in [0.05, 0.1) is 30.0 Å². The van der Waals surface area contributed by atoms with Gasteiger partial charge in [-0.1, -0.05) is 18.2 Å². The zero-order chi connectivity index (χ0) is 23.8. The van der Waals surface area contributed by atoms with Crippen LogP contribution in [0.3, 0.4) is 0 Å². The molecule has 10 heteroatoms. The van der Waals surface area contributed by atoms with Gasteiger partial charge >= 0.3 is 0 Å². The molecule has 1 aliphatic rings. The highest BCUT2D eigenvalue weighted by atomic mass is 15.4. The molecular weight excluding hydrogens is 440 g/mol. The van der Waals surface area contributed by atoms with Crippen molar-refractivity contribution in [1.82, 2.24) is 44.5 Å². The second-order valence-corrected chi connectivity index (χ2v) is 8.94. The van der Waals surface area contributed by atoms with Crippen molar-refractivity contribution in [3.63, 3.8) is 0 Å². The minimum atomic E-state index is 0.595. The molecule has 5 aromatic rings. The van der Waals surface area contributed by atoms with Crippen LogP contribution in [0.15, 0.2) is 61.2 Å². The zero-order valence-electron chi connectivity index (χ0n) is 19.8. The van der Waals surface area contributed by atoms with Crippen molar-refractivity contribution in [3.8, 4) is 22.6 Å². The third-order valence-electron chi connectivity index (χ3n) is 6.38. The predicted octanol–water partition coefficient (Wildman–Crippen LogP) is 2.32. The molecule has 0 N–H and O–H groups in total. The van der Waals surface area contributed by atoms with E-state index in [0.29, 0.717) is 17.9 Å². The Morgan fingerprint density at radius 2 is 1.69 bits per heavy atom. The minimum absolute atomic E-state index is 0.595. The van der Waals surface area contributed by atoms with Crippen LogP contribution >= 0.6 is 0 Å². The van der Waals surface area contributed by atoms with E-state index in [-0.39, 0.29) is 0 Å². The van der Waals surface area contributed by atoms with E-state index in [4.69, 9.17) is 5.10 Å². The molecule has 0 bridgehead atoms. The summed E-state index contributed by atoms with van der Waals surface area (Å²) in [5.41, 5.74) is 5.64. The number of aromatic nitrogens is 8. The van der Waals surface area contributed by atoms with E-state index < -0.39 is 0 Å². The fourth-order valence-corrected chi connectivity index (χ4v) is 4.35. The summed E-state index contributed by atoms with van der Waals surface area (Å²) in [4.78, 5) is 14.0. The lowest BCUT2D eigenvalue weighted by Crippen LogP contribution is -2.44. The average molecular weight is 467 g/mol. The van der Waals surface area contributed by atoms with Crippen LogP contribution in [-0.2, 0) is 13.5 Å². The van der Waals surface area contributed by atoms with E-state index in [2.05, 4.69) is 54.2 Å². The van der Waals surface area contributed by atoms with E-state index in [9.17, 15) is 0 Å². The number of hydrogen-bond acceptors (Lipinski definition) is 8. The standard InChI is InChI=1S/C25H26N10/c1-32-8-10-34(11-9-32)21-15-26-25(27-16-21)19-5-3-4-18(12-19)13-24-30-29-23-7-6-22(31-35(23)24)20-14-28-33(2)17-20/h3-7,12,14-17H,8-11,13H2,1-2H3. The lowest BCUT2D eigenvalue weighted by Gasteiger charge is -2.33. The van der Waals surface area contributed by atoms with E-state index in [1.54, 1.807) is 15.4 Å². The molecule has 0 unspecified atom stereocenters. The molecule has 4 aromatic heterocycles. The molecule has 0 atom stereocenters. The monoisotopic (exact) mass is 466 g/mol. The Hall–Kier alpha value is -4.18. The van der Waals surface area contributed by atoms with E-state index in [1.165, 1.54) is 0 Å². The fraction of sp³-hybridized carbons (Fsp3) is 0.280. The highest BCUT2D eigenvalue weighted by molar-refractivity contribution is 5.59. The van der Waals surface area contributed by atoms with Crippen LogP contribution in [0.1, 0.15) is 11.4 Å². The van der Waals surface area contributed by atoms with Gasteiger partial charge in [0.25, 0.3) is 0 Å². The summed E-state index contributed by atoms with van der Waals surface area (Å²) >= 11 is 0. The third-order valence-corrected chi connectivity index (χ3v) is 6.38. The number of aryl methyl sites for hydroxylation is 1. The molecule has 1 fully saturated rings. The van der Waals surface area contributed by atoms with Gasteiger partial charge in [0, 0.05) is 57.0 Å². The number of nitrogens with zero attached hydrogens (tertiary/aromatic N) is 10. The van der Waals surface area contributed by atoms with Crippen molar-refractivity contribution in [2.45, 2.75) is 6.42 Å². The maximum Gasteiger partial charge on any atom is 0.177 e. The summed E-state index contributed by atoms with van der Waals surface area (Å²) in [7, 11) is 4.05. The molecular formula is C25H26N10. The highest BCUT2D eigenvalue weighted by Crippen LogP contribution is 2.22. The summed E-state index contributed by atoms with van der Waals surface area (Å²) in [6.45, 7) is 4.11. The first-order chi connectivity index (χ1) is 17.1. The van der Waals surface area contributed by atoms with Crippen molar-refractivity contribution in [3.05, 3.63) is 72.6 Å².